The molecule has 0 aromatic heterocycles. The second kappa shape index (κ2) is 39.3. The van der Waals surface area contributed by atoms with Gasteiger partial charge >= 0.3 is 11.9 Å². The van der Waals surface area contributed by atoms with Crippen LogP contribution in [0.4, 0.5) is 0 Å². The molecule has 1 aliphatic carbocycles. The Hall–Kier alpha value is -1.18. The number of aliphatic hydroxyl groups is 1. The Morgan fingerprint density at radius 1 is 0.518 bits per heavy atom. The van der Waals surface area contributed by atoms with Crippen LogP contribution in [0.1, 0.15) is 233 Å². The summed E-state index contributed by atoms with van der Waals surface area (Å²) in [5, 5.41) is 9.69. The Kier molecular flexibility index (Phi) is 37.1. The van der Waals surface area contributed by atoms with Crippen LogP contribution in [0.2, 0.25) is 0 Å². The molecule has 0 bridgehead atoms. The van der Waals surface area contributed by atoms with E-state index in [0.717, 1.165) is 77.7 Å². The van der Waals surface area contributed by atoms with Crippen molar-refractivity contribution < 1.29 is 24.2 Å². The second-order valence-electron chi connectivity index (χ2n) is 17.7. The maximum Gasteiger partial charge on any atom is 0.306 e. The highest BCUT2D eigenvalue weighted by Crippen LogP contribution is 2.26. The molecule has 2 unspecified atom stereocenters. The van der Waals surface area contributed by atoms with Crippen molar-refractivity contribution in [3.63, 3.8) is 0 Å². The first kappa shape index (κ1) is 52.8. The zero-order valence-electron chi connectivity index (χ0n) is 38.0. The van der Waals surface area contributed by atoms with Gasteiger partial charge in [0.1, 0.15) is 0 Å². The van der Waals surface area contributed by atoms with E-state index in [2.05, 4.69) is 37.5 Å². The first-order valence-corrected chi connectivity index (χ1v) is 24.9. The van der Waals surface area contributed by atoms with Crippen LogP contribution < -0.4 is 0 Å². The third-order valence-electron chi connectivity index (χ3n) is 12.4. The quantitative estimate of drug-likeness (QED) is 0.0486. The van der Waals surface area contributed by atoms with Gasteiger partial charge in [0.25, 0.3) is 0 Å². The van der Waals surface area contributed by atoms with Crippen molar-refractivity contribution >= 4 is 11.9 Å². The van der Waals surface area contributed by atoms with Crippen molar-refractivity contribution in [2.24, 2.45) is 11.8 Å². The third kappa shape index (κ3) is 30.8. The van der Waals surface area contributed by atoms with E-state index in [9.17, 15) is 14.7 Å². The average molecular weight is 793 g/mol. The molecule has 332 valence electrons. The molecule has 0 aliphatic heterocycles. The summed E-state index contributed by atoms with van der Waals surface area (Å²) in [4.78, 5) is 31.2. The number of hydrogen-bond acceptors (Lipinski definition) is 7. The van der Waals surface area contributed by atoms with Crippen LogP contribution in [0, 0.1) is 11.8 Å². The van der Waals surface area contributed by atoms with Crippen LogP contribution in [0.5, 0.6) is 0 Å². The molecule has 0 heterocycles. The zero-order valence-corrected chi connectivity index (χ0v) is 38.0. The molecule has 7 nitrogen and oxygen atoms in total. The van der Waals surface area contributed by atoms with Gasteiger partial charge in [-0.1, -0.05) is 169 Å². The third-order valence-corrected chi connectivity index (χ3v) is 12.4. The lowest BCUT2D eigenvalue weighted by Crippen LogP contribution is -2.45. The first-order chi connectivity index (χ1) is 27.5. The molecule has 1 saturated carbocycles. The van der Waals surface area contributed by atoms with E-state index in [4.69, 9.17) is 9.47 Å². The predicted molar refractivity (Wildman–Crippen MR) is 238 cm³/mol. The summed E-state index contributed by atoms with van der Waals surface area (Å²) in [5.41, 5.74) is 0. The van der Waals surface area contributed by atoms with Crippen LogP contribution in [-0.2, 0) is 19.1 Å². The Morgan fingerprint density at radius 3 is 1.54 bits per heavy atom. The number of nitrogens with zero attached hydrogens (tertiary/aromatic N) is 2. The summed E-state index contributed by atoms with van der Waals surface area (Å²) in [6.45, 7) is 15.0. The molecule has 0 aromatic carbocycles. The van der Waals surface area contributed by atoms with Crippen molar-refractivity contribution in [1.82, 2.24) is 9.80 Å². The van der Waals surface area contributed by atoms with Gasteiger partial charge in [-0.25, -0.2) is 0 Å². The molecule has 1 N–H and O–H groups in total. The monoisotopic (exact) mass is 793 g/mol. The molecule has 0 spiro atoms. The van der Waals surface area contributed by atoms with Gasteiger partial charge in [-0.3, -0.25) is 19.4 Å². The highest BCUT2D eigenvalue weighted by molar-refractivity contribution is 5.70. The lowest BCUT2D eigenvalue weighted by atomic mass is 9.91. The maximum atomic E-state index is 13.3. The van der Waals surface area contributed by atoms with Crippen LogP contribution in [0.25, 0.3) is 0 Å². The minimum atomic E-state index is -0.100. The number of rotatable bonds is 43. The van der Waals surface area contributed by atoms with E-state index in [0.29, 0.717) is 38.0 Å². The Morgan fingerprint density at radius 2 is 0.982 bits per heavy atom. The summed E-state index contributed by atoms with van der Waals surface area (Å²) in [5.74, 6) is 0.292. The molecule has 0 aromatic rings. The van der Waals surface area contributed by atoms with Crippen LogP contribution in [0.3, 0.4) is 0 Å². The summed E-state index contributed by atoms with van der Waals surface area (Å²) in [6.07, 6.45) is 37.6. The molecule has 7 heteroatoms. The van der Waals surface area contributed by atoms with Gasteiger partial charge < -0.3 is 14.6 Å². The van der Waals surface area contributed by atoms with Crippen molar-refractivity contribution in [2.75, 3.05) is 52.5 Å². The molecular formula is C49H96N2O5. The normalized spacial score (nSPS) is 14.3. The molecule has 2 atom stereocenters. The van der Waals surface area contributed by atoms with Crippen molar-refractivity contribution in [1.29, 1.82) is 0 Å². The maximum absolute atomic E-state index is 13.3. The van der Waals surface area contributed by atoms with Gasteiger partial charge in [0.05, 0.1) is 19.8 Å². The number of ether oxygens (including phenoxy) is 2. The fourth-order valence-electron chi connectivity index (χ4n) is 8.31. The van der Waals surface area contributed by atoms with E-state index in [1.54, 1.807) is 0 Å². The molecule has 1 aliphatic rings. The molecule has 0 amide bonds. The standard InChI is InChI=1S/C49H96N2O5/c1-5-9-13-17-19-20-22-25-35-48(53)55-43-46(44-56-49(54)42-45(30-23-15-11-7-3)31-24-21-18-14-10-6-2)32-26-28-37-51(47-33-29-34-47)39-38-50(40-41-52)36-27-16-12-8-4/h45-47,52H,5-44H2,1-4H3. The lowest BCUT2D eigenvalue weighted by Gasteiger charge is -2.39. The number of esters is 2. The van der Waals surface area contributed by atoms with Crippen LogP contribution in [-0.4, -0.2) is 85.4 Å². The molecule has 0 radical (unpaired) electrons. The van der Waals surface area contributed by atoms with Gasteiger partial charge in [-0.2, -0.15) is 0 Å². The van der Waals surface area contributed by atoms with Crippen LogP contribution >= 0.6 is 0 Å². The molecule has 1 rings (SSSR count). The number of hydrogen-bond donors (Lipinski definition) is 1. The minimum absolute atomic E-state index is 0.0448. The van der Waals surface area contributed by atoms with Crippen LogP contribution in [0.15, 0.2) is 0 Å². The Labute approximate surface area is 348 Å². The van der Waals surface area contributed by atoms with Crippen molar-refractivity contribution in [3.8, 4) is 0 Å². The predicted octanol–water partition coefficient (Wildman–Crippen LogP) is 12.8. The average Bonchev–Trinajstić information content (AvgIpc) is 3.17. The van der Waals surface area contributed by atoms with E-state index in [1.165, 1.54) is 148 Å². The number of carbonyl (C=O) groups excluding carboxylic acids is 2. The van der Waals surface area contributed by atoms with E-state index < -0.39 is 0 Å². The fraction of sp³-hybridized carbons (Fsp3) is 0.959. The lowest BCUT2D eigenvalue weighted by molar-refractivity contribution is -0.150. The SMILES string of the molecule is CCCCCCCCCCC(=O)OCC(CCCCN(CCN(CCO)CCCCCC)C1CCC1)COC(=O)CC(CCCCCC)CCCCCCCC. The van der Waals surface area contributed by atoms with E-state index in [1.807, 2.05) is 0 Å². The summed E-state index contributed by atoms with van der Waals surface area (Å²) < 4.78 is 11.9. The summed E-state index contributed by atoms with van der Waals surface area (Å²) in [7, 11) is 0. The largest absolute Gasteiger partial charge is 0.465 e. The smallest absolute Gasteiger partial charge is 0.306 e. The van der Waals surface area contributed by atoms with Gasteiger partial charge in [-0.05, 0) is 70.4 Å². The first-order valence-electron chi connectivity index (χ1n) is 24.9. The van der Waals surface area contributed by atoms with Gasteiger partial charge in [0.2, 0.25) is 0 Å². The van der Waals surface area contributed by atoms with Gasteiger partial charge in [0, 0.05) is 44.4 Å². The molecule has 1 fully saturated rings. The highest BCUT2D eigenvalue weighted by Gasteiger charge is 2.25. The van der Waals surface area contributed by atoms with Gasteiger partial charge in [-0.15, -0.1) is 0 Å². The highest BCUT2D eigenvalue weighted by atomic mass is 16.5. The van der Waals surface area contributed by atoms with Crippen molar-refractivity contribution in [3.05, 3.63) is 0 Å². The number of aliphatic hydroxyl groups excluding tert-OH is 1. The molecular weight excluding hydrogens is 697 g/mol. The molecule has 0 saturated heterocycles. The van der Waals surface area contributed by atoms with Crippen molar-refractivity contribution in [2.45, 2.75) is 239 Å². The minimum Gasteiger partial charge on any atom is -0.465 e. The fourth-order valence-corrected chi connectivity index (χ4v) is 8.31. The second-order valence-corrected chi connectivity index (χ2v) is 17.7. The number of carbonyl (C=O) groups is 2. The number of unbranched alkanes of at least 4 members (excludes halogenated alkanes) is 19. The van der Waals surface area contributed by atoms with E-state index >= 15 is 0 Å². The topological polar surface area (TPSA) is 79.3 Å². The Balaban J connectivity index is 2.70. The zero-order chi connectivity index (χ0) is 40.7. The molecule has 56 heavy (non-hydrogen) atoms. The summed E-state index contributed by atoms with van der Waals surface area (Å²) in [6, 6.07) is 0.686. The summed E-state index contributed by atoms with van der Waals surface area (Å²) >= 11 is 0. The van der Waals surface area contributed by atoms with Gasteiger partial charge in [0.15, 0.2) is 0 Å². The Bertz CT molecular complexity index is 867. The van der Waals surface area contributed by atoms with E-state index in [-0.39, 0.29) is 24.5 Å².